The van der Waals surface area contributed by atoms with Gasteiger partial charge in [-0.15, -0.1) is 0 Å². The second-order valence-electron chi connectivity index (χ2n) is 2.98. The molecule has 1 rings (SSSR count). The summed E-state index contributed by atoms with van der Waals surface area (Å²) in [5, 5.41) is 4.09. The van der Waals surface area contributed by atoms with E-state index in [0.29, 0.717) is 12.2 Å². The summed E-state index contributed by atoms with van der Waals surface area (Å²) in [6.07, 6.45) is 10.6. The molecule has 81 valence electrons. The molecule has 0 aliphatic rings. The summed E-state index contributed by atoms with van der Waals surface area (Å²) in [5.41, 5.74) is 6.75. The maximum Gasteiger partial charge on any atom is 1.00 e. The Morgan fingerprint density at radius 3 is 2.94 bits per heavy atom. The summed E-state index contributed by atoms with van der Waals surface area (Å²) in [6, 6.07) is 0. The molecule has 0 atom stereocenters. The molecule has 0 saturated heterocycles. The maximum atomic E-state index is 5.26. The zero-order valence-corrected chi connectivity index (χ0v) is 16.2. The Balaban J connectivity index is 0. The van der Waals surface area contributed by atoms with Crippen molar-refractivity contribution in [2.45, 2.75) is 13.5 Å². The van der Waals surface area contributed by atoms with E-state index in [1.807, 2.05) is 13.1 Å². The Morgan fingerprint density at radius 1 is 1.71 bits per heavy atom. The molecule has 0 fully saturated rings. The molecule has 3 nitrogen and oxygen atoms in total. The van der Waals surface area contributed by atoms with E-state index in [0.717, 1.165) is 5.56 Å². The standard InChI is InChI=1S/C12H12N3.K.Y/c1-11-9-14-15(10-11)8-6-4-3-5-7-12(2)13;;/h5,9-10H,2,8,13H2,1H3;;/q-3;+1;. The van der Waals surface area contributed by atoms with Gasteiger partial charge in [0.2, 0.25) is 0 Å². The molecule has 1 heterocycles. The van der Waals surface area contributed by atoms with Gasteiger partial charge in [-0.05, 0) is 19.0 Å². The van der Waals surface area contributed by atoms with Gasteiger partial charge in [-0.3, -0.25) is 10.4 Å². The predicted octanol–water partition coefficient (Wildman–Crippen LogP) is -1.96. The fraction of sp³-hybridized carbons (Fsp3) is 0.167. The zero-order chi connectivity index (χ0) is 11.1. The quantitative estimate of drug-likeness (QED) is 0.297. The first kappa shape index (κ1) is 20.0. The molecular weight excluding hydrogens is 314 g/mol. The van der Waals surface area contributed by atoms with Gasteiger partial charge in [0, 0.05) is 38.9 Å². The number of allylic oxidation sites excluding steroid dienone is 4. The SMILES string of the molecule is [CH2-]C(N)=[C-]C=[C-]C#CCn1cc(C)cn1.[K+].[Y]. The molecule has 0 aliphatic heterocycles. The molecule has 0 aromatic carbocycles. The minimum Gasteiger partial charge on any atom is -0.452 e. The van der Waals surface area contributed by atoms with Crippen LogP contribution in [0.15, 0.2) is 24.2 Å². The van der Waals surface area contributed by atoms with Gasteiger partial charge in [-0.1, -0.05) is 0 Å². The van der Waals surface area contributed by atoms with Crippen molar-refractivity contribution in [2.75, 3.05) is 0 Å². The van der Waals surface area contributed by atoms with Gasteiger partial charge in [0.15, 0.2) is 0 Å². The van der Waals surface area contributed by atoms with Crippen LogP contribution in [0.2, 0.25) is 0 Å². The van der Waals surface area contributed by atoms with Gasteiger partial charge in [0.1, 0.15) is 0 Å². The van der Waals surface area contributed by atoms with E-state index < -0.39 is 0 Å². The summed E-state index contributed by atoms with van der Waals surface area (Å²) in [4.78, 5) is 0. The normalized spacial score (nSPS) is 10.1. The van der Waals surface area contributed by atoms with Crippen molar-refractivity contribution < 1.29 is 84.1 Å². The van der Waals surface area contributed by atoms with Crippen LogP contribution in [0, 0.1) is 37.8 Å². The predicted molar refractivity (Wildman–Crippen MR) is 58.9 cm³/mol. The molecule has 0 amide bonds. The van der Waals surface area contributed by atoms with Gasteiger partial charge in [-0.25, -0.2) is 0 Å². The van der Waals surface area contributed by atoms with E-state index in [2.05, 4.69) is 36.0 Å². The molecule has 0 bridgehead atoms. The Bertz CT molecular complexity index is 434. The molecule has 1 aromatic rings. The van der Waals surface area contributed by atoms with Crippen LogP contribution in [-0.4, -0.2) is 9.78 Å². The van der Waals surface area contributed by atoms with Crippen LogP contribution in [0.5, 0.6) is 0 Å². The van der Waals surface area contributed by atoms with E-state index in [9.17, 15) is 0 Å². The molecular formula is C12H12KN3Y-2. The third kappa shape index (κ3) is 10.3. The first-order chi connectivity index (χ1) is 7.18. The first-order valence-corrected chi connectivity index (χ1v) is 4.43. The minimum atomic E-state index is 0. The van der Waals surface area contributed by atoms with Gasteiger partial charge < -0.3 is 42.7 Å². The van der Waals surface area contributed by atoms with Crippen molar-refractivity contribution in [1.82, 2.24) is 9.78 Å². The van der Waals surface area contributed by atoms with E-state index in [1.54, 1.807) is 10.9 Å². The first-order valence-electron chi connectivity index (χ1n) is 4.43. The third-order valence-corrected chi connectivity index (χ3v) is 1.49. The smallest absolute Gasteiger partial charge is 0.452 e. The molecule has 1 radical (unpaired) electrons. The summed E-state index contributed by atoms with van der Waals surface area (Å²) in [5.74, 6) is 5.61. The van der Waals surface area contributed by atoms with Crippen LogP contribution in [0.3, 0.4) is 0 Å². The molecule has 0 aliphatic carbocycles. The summed E-state index contributed by atoms with van der Waals surface area (Å²) >= 11 is 0. The van der Waals surface area contributed by atoms with E-state index in [4.69, 9.17) is 5.73 Å². The number of aromatic nitrogens is 2. The van der Waals surface area contributed by atoms with Gasteiger partial charge in [-0.2, -0.15) is 5.10 Å². The van der Waals surface area contributed by atoms with Crippen molar-refractivity contribution in [1.29, 1.82) is 0 Å². The maximum absolute atomic E-state index is 5.26. The third-order valence-electron chi connectivity index (χ3n) is 1.49. The number of rotatable bonds is 2. The molecule has 0 spiro atoms. The van der Waals surface area contributed by atoms with Crippen molar-refractivity contribution in [3.05, 3.63) is 48.8 Å². The monoisotopic (exact) mass is 326 g/mol. The van der Waals surface area contributed by atoms with Crippen LogP contribution >= 0.6 is 0 Å². The minimum absolute atomic E-state index is 0. The van der Waals surface area contributed by atoms with Crippen LogP contribution in [0.4, 0.5) is 0 Å². The average molecular weight is 326 g/mol. The van der Waals surface area contributed by atoms with Crippen molar-refractivity contribution in [2.24, 2.45) is 5.73 Å². The Morgan fingerprint density at radius 2 is 2.41 bits per heavy atom. The number of hydrogen-bond donors (Lipinski definition) is 1. The number of nitrogens with two attached hydrogens (primary N) is 1. The summed E-state index contributed by atoms with van der Waals surface area (Å²) in [7, 11) is 0. The summed E-state index contributed by atoms with van der Waals surface area (Å²) in [6.45, 7) is 6.00. The molecule has 5 heteroatoms. The van der Waals surface area contributed by atoms with Crippen molar-refractivity contribution in [3.63, 3.8) is 0 Å². The van der Waals surface area contributed by atoms with Gasteiger partial charge >= 0.3 is 51.4 Å². The van der Waals surface area contributed by atoms with E-state index >= 15 is 0 Å². The van der Waals surface area contributed by atoms with Crippen molar-refractivity contribution >= 4 is 0 Å². The van der Waals surface area contributed by atoms with E-state index in [1.165, 1.54) is 6.08 Å². The second kappa shape index (κ2) is 11.7. The van der Waals surface area contributed by atoms with Crippen LogP contribution in [-0.2, 0) is 39.3 Å². The number of hydrogen-bond acceptors (Lipinski definition) is 2. The topological polar surface area (TPSA) is 43.8 Å². The Kier molecular flexibility index (Phi) is 13.8. The van der Waals surface area contributed by atoms with E-state index in [-0.39, 0.29) is 84.1 Å². The molecule has 1 aromatic heterocycles. The van der Waals surface area contributed by atoms with Crippen molar-refractivity contribution in [3.8, 4) is 11.8 Å². The van der Waals surface area contributed by atoms with Crippen LogP contribution in [0.25, 0.3) is 0 Å². The Labute approximate surface area is 171 Å². The molecule has 2 N–H and O–H groups in total. The van der Waals surface area contributed by atoms with Crippen LogP contribution in [0.1, 0.15) is 5.56 Å². The summed E-state index contributed by atoms with van der Waals surface area (Å²) < 4.78 is 1.76. The second-order valence-corrected chi connectivity index (χ2v) is 2.98. The number of aryl methyl sites for hydroxylation is 1. The Hall–Kier alpha value is 0.660. The fourth-order valence-electron chi connectivity index (χ4n) is 0.890. The van der Waals surface area contributed by atoms with Gasteiger partial charge in [0.25, 0.3) is 0 Å². The zero-order valence-electron chi connectivity index (χ0n) is 10.2. The van der Waals surface area contributed by atoms with Gasteiger partial charge in [0.05, 0.1) is 6.20 Å². The fourth-order valence-corrected chi connectivity index (χ4v) is 0.890. The average Bonchev–Trinajstić information content (AvgIpc) is 2.57. The molecule has 17 heavy (non-hydrogen) atoms. The molecule has 0 saturated carbocycles. The van der Waals surface area contributed by atoms with Crippen LogP contribution < -0.4 is 57.1 Å². The number of nitrogens with zero attached hydrogens (tertiary/aromatic N) is 2. The molecule has 0 unspecified atom stereocenters. The largest absolute Gasteiger partial charge is 1.00 e.